The van der Waals surface area contributed by atoms with Gasteiger partial charge in [-0.25, -0.2) is 0 Å². The van der Waals surface area contributed by atoms with Gasteiger partial charge in [0, 0.05) is 11.9 Å². The van der Waals surface area contributed by atoms with Crippen LogP contribution in [0.5, 0.6) is 0 Å². The second-order valence-corrected chi connectivity index (χ2v) is 4.93. The van der Waals surface area contributed by atoms with Crippen LogP contribution in [0.3, 0.4) is 0 Å². The molecule has 0 aliphatic carbocycles. The van der Waals surface area contributed by atoms with Gasteiger partial charge in [0.15, 0.2) is 0 Å². The average molecular weight is 188 g/mol. The lowest BCUT2D eigenvalue weighted by atomic mass is 9.94. The van der Waals surface area contributed by atoms with Crippen LogP contribution in [0.15, 0.2) is 0 Å². The minimum atomic E-state index is 0.369. The normalized spacial score (nSPS) is 26.0. The summed E-state index contributed by atoms with van der Waals surface area (Å²) in [6.07, 6.45) is 6.33. The lowest BCUT2D eigenvalue weighted by Gasteiger charge is -2.20. The molecule has 0 aromatic carbocycles. The van der Waals surface area contributed by atoms with Crippen molar-refractivity contribution in [1.82, 2.24) is 0 Å². The molecule has 1 N–H and O–H groups in total. The van der Waals surface area contributed by atoms with Crippen molar-refractivity contribution in [3.63, 3.8) is 0 Å². The van der Waals surface area contributed by atoms with Gasteiger partial charge in [-0.1, -0.05) is 13.3 Å². The molecule has 1 fully saturated rings. The molecule has 0 aromatic rings. The van der Waals surface area contributed by atoms with E-state index in [2.05, 4.69) is 18.7 Å². The molecule has 12 heavy (non-hydrogen) atoms. The molecule has 1 aliphatic rings. The Morgan fingerprint density at radius 2 is 2.42 bits per heavy atom. The first-order valence-corrected chi connectivity index (χ1v) is 6.15. The van der Waals surface area contributed by atoms with Gasteiger partial charge in [-0.05, 0) is 37.4 Å². The smallest absolute Gasteiger partial charge is 0.0431 e. The first-order chi connectivity index (χ1) is 5.88. The van der Waals surface area contributed by atoms with Gasteiger partial charge in [0.05, 0.1) is 0 Å². The Morgan fingerprint density at radius 3 is 2.92 bits per heavy atom. The number of aliphatic hydroxyl groups excluding tert-OH is 1. The summed E-state index contributed by atoms with van der Waals surface area (Å²) < 4.78 is 0. The quantitative estimate of drug-likeness (QED) is 0.716. The van der Waals surface area contributed by atoms with Crippen LogP contribution in [0.1, 0.15) is 39.0 Å². The van der Waals surface area contributed by atoms with Crippen molar-refractivity contribution in [1.29, 1.82) is 0 Å². The van der Waals surface area contributed by atoms with Crippen molar-refractivity contribution < 1.29 is 5.11 Å². The first kappa shape index (κ1) is 10.4. The molecule has 2 atom stereocenters. The molecule has 1 rings (SSSR count). The molecule has 2 heteroatoms. The minimum Gasteiger partial charge on any atom is -0.396 e. The maximum atomic E-state index is 8.75. The van der Waals surface area contributed by atoms with Gasteiger partial charge in [0.2, 0.25) is 0 Å². The highest BCUT2D eigenvalue weighted by Gasteiger charge is 2.23. The minimum absolute atomic E-state index is 0.369. The summed E-state index contributed by atoms with van der Waals surface area (Å²) in [4.78, 5) is 0. The molecule has 1 heterocycles. The SMILES string of the molecule is CCC(CCCO)C1CCCS1. The van der Waals surface area contributed by atoms with Crippen LogP contribution >= 0.6 is 11.8 Å². The molecular formula is C10H20OS. The zero-order valence-corrected chi connectivity index (χ0v) is 8.78. The molecule has 0 spiro atoms. The van der Waals surface area contributed by atoms with Gasteiger partial charge in [-0.2, -0.15) is 11.8 Å². The number of thioether (sulfide) groups is 1. The largest absolute Gasteiger partial charge is 0.396 e. The van der Waals surface area contributed by atoms with E-state index in [4.69, 9.17) is 5.11 Å². The molecule has 1 saturated heterocycles. The maximum Gasteiger partial charge on any atom is 0.0431 e. The van der Waals surface area contributed by atoms with Gasteiger partial charge in [-0.15, -0.1) is 0 Å². The molecule has 0 bridgehead atoms. The monoisotopic (exact) mass is 188 g/mol. The van der Waals surface area contributed by atoms with E-state index < -0.39 is 0 Å². The van der Waals surface area contributed by atoms with Crippen molar-refractivity contribution in [3.05, 3.63) is 0 Å². The van der Waals surface area contributed by atoms with Gasteiger partial charge in [0.25, 0.3) is 0 Å². The molecule has 72 valence electrons. The third-order valence-electron chi connectivity index (χ3n) is 2.75. The second-order valence-electron chi connectivity index (χ2n) is 3.59. The van der Waals surface area contributed by atoms with Crippen LogP contribution in [0.4, 0.5) is 0 Å². The Kier molecular flexibility index (Phi) is 5.08. The fraction of sp³-hybridized carbons (Fsp3) is 1.00. The predicted molar refractivity (Wildman–Crippen MR) is 55.6 cm³/mol. The molecule has 0 radical (unpaired) electrons. The summed E-state index contributed by atoms with van der Waals surface area (Å²) in [5, 5.41) is 9.65. The Balaban J connectivity index is 2.22. The van der Waals surface area contributed by atoms with Crippen LogP contribution in [0, 0.1) is 5.92 Å². The van der Waals surface area contributed by atoms with E-state index in [0.717, 1.165) is 17.6 Å². The van der Waals surface area contributed by atoms with Crippen molar-refractivity contribution in [2.75, 3.05) is 12.4 Å². The third kappa shape index (κ3) is 2.98. The lowest BCUT2D eigenvalue weighted by Crippen LogP contribution is -2.14. The molecule has 1 nitrogen and oxygen atoms in total. The van der Waals surface area contributed by atoms with Crippen LogP contribution < -0.4 is 0 Å². The predicted octanol–water partition coefficient (Wildman–Crippen LogP) is 2.68. The Hall–Kier alpha value is 0.310. The van der Waals surface area contributed by atoms with Crippen LogP contribution in [0.25, 0.3) is 0 Å². The van der Waals surface area contributed by atoms with E-state index in [1.807, 2.05) is 0 Å². The van der Waals surface area contributed by atoms with E-state index in [-0.39, 0.29) is 0 Å². The van der Waals surface area contributed by atoms with E-state index in [1.54, 1.807) is 0 Å². The molecule has 0 amide bonds. The van der Waals surface area contributed by atoms with Crippen molar-refractivity contribution in [2.24, 2.45) is 5.92 Å². The van der Waals surface area contributed by atoms with Crippen LogP contribution in [0.2, 0.25) is 0 Å². The second kappa shape index (κ2) is 5.87. The summed E-state index contributed by atoms with van der Waals surface area (Å²) in [5.74, 6) is 2.23. The molecule has 2 unspecified atom stereocenters. The van der Waals surface area contributed by atoms with E-state index in [0.29, 0.717) is 6.61 Å². The van der Waals surface area contributed by atoms with Crippen molar-refractivity contribution >= 4 is 11.8 Å². The molecule has 0 aromatic heterocycles. The highest BCUT2D eigenvalue weighted by molar-refractivity contribution is 8.00. The zero-order chi connectivity index (χ0) is 8.81. The Labute approximate surface area is 79.9 Å². The highest BCUT2D eigenvalue weighted by atomic mass is 32.2. The van der Waals surface area contributed by atoms with E-state index in [1.165, 1.54) is 31.4 Å². The summed E-state index contributed by atoms with van der Waals surface area (Å²) in [5.41, 5.74) is 0. The Bertz CT molecular complexity index is 110. The van der Waals surface area contributed by atoms with E-state index in [9.17, 15) is 0 Å². The van der Waals surface area contributed by atoms with E-state index >= 15 is 0 Å². The summed E-state index contributed by atoms with van der Waals surface area (Å²) in [6, 6.07) is 0. The number of hydrogen-bond acceptors (Lipinski definition) is 2. The maximum absolute atomic E-state index is 8.75. The molecular weight excluding hydrogens is 168 g/mol. The summed E-state index contributed by atoms with van der Waals surface area (Å²) in [7, 11) is 0. The Morgan fingerprint density at radius 1 is 1.58 bits per heavy atom. The fourth-order valence-electron chi connectivity index (χ4n) is 1.98. The third-order valence-corrected chi connectivity index (χ3v) is 4.32. The number of rotatable bonds is 5. The van der Waals surface area contributed by atoms with Crippen molar-refractivity contribution in [3.8, 4) is 0 Å². The van der Waals surface area contributed by atoms with Gasteiger partial charge in [0.1, 0.15) is 0 Å². The fourth-order valence-corrected chi connectivity index (χ4v) is 3.55. The van der Waals surface area contributed by atoms with Crippen molar-refractivity contribution in [2.45, 2.75) is 44.3 Å². The first-order valence-electron chi connectivity index (χ1n) is 5.11. The zero-order valence-electron chi connectivity index (χ0n) is 7.96. The average Bonchev–Trinajstić information content (AvgIpc) is 2.59. The topological polar surface area (TPSA) is 20.2 Å². The summed E-state index contributed by atoms with van der Waals surface area (Å²) in [6.45, 7) is 2.65. The van der Waals surface area contributed by atoms with Gasteiger partial charge >= 0.3 is 0 Å². The van der Waals surface area contributed by atoms with Crippen LogP contribution in [-0.4, -0.2) is 22.7 Å². The highest BCUT2D eigenvalue weighted by Crippen LogP contribution is 2.35. The van der Waals surface area contributed by atoms with Gasteiger partial charge < -0.3 is 5.11 Å². The standard InChI is InChI=1S/C10H20OS/c1-2-9(5-3-7-11)10-6-4-8-12-10/h9-11H,2-8H2,1H3. The lowest BCUT2D eigenvalue weighted by molar-refractivity contribution is 0.268. The van der Waals surface area contributed by atoms with Crippen LogP contribution in [-0.2, 0) is 0 Å². The number of hydrogen-bond donors (Lipinski definition) is 1. The van der Waals surface area contributed by atoms with Gasteiger partial charge in [-0.3, -0.25) is 0 Å². The number of aliphatic hydroxyl groups is 1. The summed E-state index contributed by atoms with van der Waals surface area (Å²) >= 11 is 2.14. The molecule has 0 saturated carbocycles. The molecule has 1 aliphatic heterocycles.